The third-order valence-electron chi connectivity index (χ3n) is 4.52. The summed E-state index contributed by atoms with van der Waals surface area (Å²) < 4.78 is 13.3. The maximum Gasteiger partial charge on any atom is 0.263 e. The number of carbonyl (C=O) groups is 1. The average Bonchev–Trinajstić information content (AvgIpc) is 3.30. The van der Waals surface area contributed by atoms with Crippen molar-refractivity contribution in [3.63, 3.8) is 0 Å². The van der Waals surface area contributed by atoms with E-state index in [0.717, 1.165) is 0 Å². The number of aryl methyl sites for hydroxylation is 2. The first kappa shape index (κ1) is 19.2. The monoisotopic (exact) mass is 409 g/mol. The highest BCUT2D eigenvalue weighted by atomic mass is 16.5. The van der Waals surface area contributed by atoms with Gasteiger partial charge in [0.1, 0.15) is 22.7 Å². The molecule has 0 bridgehead atoms. The summed E-state index contributed by atoms with van der Waals surface area (Å²) in [7, 11) is 4.69. The van der Waals surface area contributed by atoms with Crippen molar-refractivity contribution in [2.24, 2.45) is 7.05 Å². The lowest BCUT2D eigenvalue weighted by Crippen LogP contribution is -2.19. The summed E-state index contributed by atoms with van der Waals surface area (Å²) in [5.41, 5.74) is 0.980. The summed E-state index contributed by atoms with van der Waals surface area (Å²) >= 11 is 0. The molecule has 4 aromatic rings. The highest BCUT2D eigenvalue weighted by molar-refractivity contribution is 6.06. The molecule has 30 heavy (non-hydrogen) atoms. The van der Waals surface area contributed by atoms with Gasteiger partial charge in [-0.05, 0) is 19.1 Å². The average molecular weight is 409 g/mol. The van der Waals surface area contributed by atoms with Gasteiger partial charge in [-0.2, -0.15) is 19.9 Å². The number of fused-ring (bicyclic) bond motifs is 1. The number of ether oxygens (including phenoxy) is 2. The molecule has 0 aliphatic heterocycles. The Hall–Kier alpha value is -4.15. The third kappa shape index (κ3) is 3.26. The van der Waals surface area contributed by atoms with Crippen molar-refractivity contribution in [3.8, 4) is 17.4 Å². The molecular weight excluding hydrogens is 390 g/mol. The standard InChI is InChI=1S/C19H19N7O4/c1-10-7-15(21-17(27)12-6-5-11(29-3)8-14(12)30-4)26(24-10)19-22-16-13(18(28)23-19)9-20-25(16)2/h5-9H,1-4H3,(H,21,27)(H,22,23,28). The van der Waals surface area contributed by atoms with Crippen LogP contribution in [0.3, 0.4) is 0 Å². The van der Waals surface area contributed by atoms with Gasteiger partial charge in [0.05, 0.1) is 31.7 Å². The Kier molecular flexibility index (Phi) is 4.70. The summed E-state index contributed by atoms with van der Waals surface area (Å²) in [5, 5.41) is 11.5. The molecule has 3 heterocycles. The smallest absolute Gasteiger partial charge is 0.263 e. The van der Waals surface area contributed by atoms with E-state index in [0.29, 0.717) is 39.6 Å². The van der Waals surface area contributed by atoms with Crippen LogP contribution in [0.15, 0.2) is 35.3 Å². The number of anilines is 1. The molecule has 0 aliphatic rings. The highest BCUT2D eigenvalue weighted by Crippen LogP contribution is 2.26. The zero-order valence-corrected chi connectivity index (χ0v) is 16.8. The Morgan fingerprint density at radius 3 is 2.73 bits per heavy atom. The number of nitrogens with zero attached hydrogens (tertiary/aromatic N) is 5. The topological polar surface area (TPSA) is 129 Å². The normalized spacial score (nSPS) is 10.9. The van der Waals surface area contributed by atoms with Crippen molar-refractivity contribution in [2.75, 3.05) is 19.5 Å². The number of H-pyrrole nitrogens is 1. The van der Waals surface area contributed by atoms with Crippen molar-refractivity contribution in [1.82, 2.24) is 29.5 Å². The van der Waals surface area contributed by atoms with Gasteiger partial charge in [0, 0.05) is 19.2 Å². The molecule has 1 aromatic carbocycles. The fourth-order valence-electron chi connectivity index (χ4n) is 3.04. The van der Waals surface area contributed by atoms with Crippen molar-refractivity contribution in [2.45, 2.75) is 6.92 Å². The lowest BCUT2D eigenvalue weighted by molar-refractivity contribution is 0.102. The number of benzene rings is 1. The van der Waals surface area contributed by atoms with Crippen molar-refractivity contribution in [1.29, 1.82) is 0 Å². The number of carbonyl (C=O) groups excluding carboxylic acids is 1. The molecule has 0 aliphatic carbocycles. The highest BCUT2D eigenvalue weighted by Gasteiger charge is 2.18. The molecule has 0 unspecified atom stereocenters. The Bertz CT molecular complexity index is 1320. The molecule has 0 saturated carbocycles. The SMILES string of the molecule is COc1ccc(C(=O)Nc2cc(C)nn2-c2nc3c(cnn3C)c(=O)[nH]2)c(OC)c1. The number of amides is 1. The molecule has 1 amide bonds. The largest absolute Gasteiger partial charge is 0.497 e. The first-order valence-corrected chi connectivity index (χ1v) is 8.93. The Labute approximate surface area is 170 Å². The molecule has 0 saturated heterocycles. The van der Waals surface area contributed by atoms with E-state index < -0.39 is 5.91 Å². The van der Waals surface area contributed by atoms with Gasteiger partial charge < -0.3 is 14.8 Å². The first-order chi connectivity index (χ1) is 14.4. The number of rotatable bonds is 5. The van der Waals surface area contributed by atoms with Gasteiger partial charge in [0.25, 0.3) is 11.5 Å². The number of aromatic amines is 1. The van der Waals surface area contributed by atoms with Crippen LogP contribution in [0.25, 0.3) is 17.0 Å². The molecule has 0 radical (unpaired) electrons. The van der Waals surface area contributed by atoms with E-state index in [1.165, 1.54) is 29.8 Å². The molecule has 2 N–H and O–H groups in total. The van der Waals surface area contributed by atoms with Crippen LogP contribution in [0, 0.1) is 6.92 Å². The van der Waals surface area contributed by atoms with Gasteiger partial charge in [0.15, 0.2) is 5.65 Å². The van der Waals surface area contributed by atoms with Crippen LogP contribution in [0.2, 0.25) is 0 Å². The van der Waals surface area contributed by atoms with E-state index in [9.17, 15) is 9.59 Å². The molecular formula is C19H19N7O4. The summed E-state index contributed by atoms with van der Waals surface area (Å²) in [5.74, 6) is 0.994. The number of methoxy groups -OCH3 is 2. The van der Waals surface area contributed by atoms with E-state index in [-0.39, 0.29) is 11.5 Å². The van der Waals surface area contributed by atoms with E-state index in [1.807, 2.05) is 0 Å². The lowest BCUT2D eigenvalue weighted by Gasteiger charge is -2.11. The van der Waals surface area contributed by atoms with Crippen LogP contribution in [0.4, 0.5) is 5.82 Å². The van der Waals surface area contributed by atoms with Crippen LogP contribution in [0.1, 0.15) is 16.1 Å². The lowest BCUT2D eigenvalue weighted by atomic mass is 10.1. The molecule has 154 valence electrons. The van der Waals surface area contributed by atoms with Crippen molar-refractivity contribution >= 4 is 22.8 Å². The molecule has 0 fully saturated rings. The fourth-order valence-corrected chi connectivity index (χ4v) is 3.04. The van der Waals surface area contributed by atoms with Crippen LogP contribution in [-0.2, 0) is 7.05 Å². The number of hydrogen-bond acceptors (Lipinski definition) is 7. The van der Waals surface area contributed by atoms with Gasteiger partial charge in [0.2, 0.25) is 5.95 Å². The number of nitrogens with one attached hydrogen (secondary N) is 2. The van der Waals surface area contributed by atoms with Crippen molar-refractivity contribution < 1.29 is 14.3 Å². The maximum atomic E-state index is 12.9. The number of aromatic nitrogens is 6. The quantitative estimate of drug-likeness (QED) is 0.510. The van der Waals surface area contributed by atoms with E-state index in [4.69, 9.17) is 9.47 Å². The van der Waals surface area contributed by atoms with Gasteiger partial charge in [-0.1, -0.05) is 0 Å². The Morgan fingerprint density at radius 2 is 2.00 bits per heavy atom. The van der Waals surface area contributed by atoms with E-state index >= 15 is 0 Å². The minimum absolute atomic E-state index is 0.154. The second-order valence-electron chi connectivity index (χ2n) is 6.50. The minimum atomic E-state index is -0.417. The molecule has 3 aromatic heterocycles. The van der Waals surface area contributed by atoms with E-state index in [2.05, 4.69) is 25.5 Å². The minimum Gasteiger partial charge on any atom is -0.497 e. The van der Waals surface area contributed by atoms with Crippen LogP contribution < -0.4 is 20.3 Å². The maximum absolute atomic E-state index is 12.9. The van der Waals surface area contributed by atoms with Gasteiger partial charge in [-0.25, -0.2) is 0 Å². The van der Waals surface area contributed by atoms with Crippen LogP contribution >= 0.6 is 0 Å². The molecule has 0 atom stereocenters. The summed E-state index contributed by atoms with van der Waals surface area (Å²) in [6.07, 6.45) is 1.44. The second kappa shape index (κ2) is 7.35. The predicted molar refractivity (Wildman–Crippen MR) is 108 cm³/mol. The predicted octanol–water partition coefficient (Wildman–Crippen LogP) is 1.42. The zero-order chi connectivity index (χ0) is 21.4. The second-order valence-corrected chi connectivity index (χ2v) is 6.50. The first-order valence-electron chi connectivity index (χ1n) is 8.93. The summed E-state index contributed by atoms with van der Waals surface area (Å²) in [6.45, 7) is 1.76. The number of hydrogen-bond donors (Lipinski definition) is 2. The molecule has 0 spiro atoms. The molecule has 11 nitrogen and oxygen atoms in total. The molecule has 11 heteroatoms. The Morgan fingerprint density at radius 1 is 1.20 bits per heavy atom. The van der Waals surface area contributed by atoms with Gasteiger partial charge >= 0.3 is 0 Å². The van der Waals surface area contributed by atoms with Crippen LogP contribution in [0.5, 0.6) is 11.5 Å². The third-order valence-corrected chi connectivity index (χ3v) is 4.52. The van der Waals surface area contributed by atoms with E-state index in [1.54, 1.807) is 38.2 Å². The fraction of sp³-hybridized carbons (Fsp3) is 0.211. The molecule has 4 rings (SSSR count). The summed E-state index contributed by atoms with van der Waals surface area (Å²) in [4.78, 5) is 32.4. The zero-order valence-electron chi connectivity index (χ0n) is 16.8. The summed E-state index contributed by atoms with van der Waals surface area (Å²) in [6, 6.07) is 6.55. The van der Waals surface area contributed by atoms with Crippen LogP contribution in [-0.4, -0.2) is 49.7 Å². The van der Waals surface area contributed by atoms with Crippen molar-refractivity contribution in [3.05, 3.63) is 52.1 Å². The Balaban J connectivity index is 1.74. The van der Waals surface area contributed by atoms with Gasteiger partial charge in [-0.3, -0.25) is 19.3 Å². The van der Waals surface area contributed by atoms with Gasteiger partial charge in [-0.15, -0.1) is 0 Å².